The summed E-state index contributed by atoms with van der Waals surface area (Å²) in [5, 5.41) is 0.457. The first-order valence-electron chi connectivity index (χ1n) is 9.53. The number of hydrogen-bond acceptors (Lipinski definition) is 6. The van der Waals surface area contributed by atoms with Gasteiger partial charge in [-0.2, -0.15) is 0 Å². The lowest BCUT2D eigenvalue weighted by Gasteiger charge is -2.27. The molecule has 0 amide bonds. The van der Waals surface area contributed by atoms with Gasteiger partial charge in [0.15, 0.2) is 5.43 Å². The van der Waals surface area contributed by atoms with E-state index < -0.39 is 24.0 Å². The number of fused-ring (bicyclic) bond motifs is 5. The number of carbonyl (C=O) groups excluding carboxylic acids is 1. The number of ether oxygens (including phenoxy) is 3. The van der Waals surface area contributed by atoms with Crippen LogP contribution in [0.3, 0.4) is 0 Å². The lowest BCUT2D eigenvalue weighted by atomic mass is 9.87. The molecule has 2 aliphatic heterocycles. The molecule has 0 aliphatic carbocycles. The van der Waals surface area contributed by atoms with Gasteiger partial charge in [0.1, 0.15) is 28.8 Å². The third kappa shape index (κ3) is 2.75. The lowest BCUT2D eigenvalue weighted by Crippen LogP contribution is -2.38. The molecule has 0 bridgehead atoms. The topological polar surface area (TPSA) is 75.0 Å². The largest absolute Gasteiger partial charge is 0.464 e. The number of benzene rings is 2. The van der Waals surface area contributed by atoms with Crippen LogP contribution in [0.25, 0.3) is 22.3 Å². The van der Waals surface area contributed by atoms with E-state index in [0.29, 0.717) is 28.0 Å². The van der Waals surface area contributed by atoms with Gasteiger partial charge < -0.3 is 18.6 Å². The third-order valence-corrected chi connectivity index (χ3v) is 5.55. The Kier molecular flexibility index (Phi) is 3.83. The molecular formula is C23H20O6. The third-order valence-electron chi connectivity index (χ3n) is 5.55. The van der Waals surface area contributed by atoms with Crippen molar-refractivity contribution in [3.8, 4) is 17.1 Å². The quantitative estimate of drug-likeness (QED) is 0.614. The fourth-order valence-corrected chi connectivity index (χ4v) is 4.30. The second kappa shape index (κ2) is 6.19. The van der Waals surface area contributed by atoms with E-state index in [0.717, 1.165) is 5.56 Å². The Morgan fingerprint density at radius 2 is 1.86 bits per heavy atom. The Balaban J connectivity index is 1.74. The summed E-state index contributed by atoms with van der Waals surface area (Å²) < 4.78 is 23.9. The van der Waals surface area contributed by atoms with Crippen LogP contribution in [0.1, 0.15) is 32.3 Å². The molecule has 29 heavy (non-hydrogen) atoms. The molecule has 3 heterocycles. The predicted molar refractivity (Wildman–Crippen MR) is 106 cm³/mol. The molecule has 1 aromatic heterocycles. The Labute approximate surface area is 167 Å². The van der Waals surface area contributed by atoms with Gasteiger partial charge in [0.25, 0.3) is 0 Å². The highest BCUT2D eigenvalue weighted by Crippen LogP contribution is 2.53. The smallest absolute Gasteiger partial charge is 0.303 e. The monoisotopic (exact) mass is 392 g/mol. The molecule has 2 aliphatic rings. The Hall–Kier alpha value is -3.12. The molecule has 0 N–H and O–H groups in total. The highest BCUT2D eigenvalue weighted by atomic mass is 16.7. The zero-order chi connectivity index (χ0) is 20.3. The predicted octanol–water partition coefficient (Wildman–Crippen LogP) is 4.00. The summed E-state index contributed by atoms with van der Waals surface area (Å²) in [7, 11) is 0. The van der Waals surface area contributed by atoms with Crippen molar-refractivity contribution in [1.82, 2.24) is 0 Å². The molecule has 1 saturated heterocycles. The van der Waals surface area contributed by atoms with Gasteiger partial charge in [0, 0.05) is 18.6 Å². The van der Waals surface area contributed by atoms with Crippen molar-refractivity contribution < 1.29 is 23.4 Å². The second-order valence-corrected chi connectivity index (χ2v) is 7.96. The zero-order valence-corrected chi connectivity index (χ0v) is 16.3. The minimum absolute atomic E-state index is 0.140. The van der Waals surface area contributed by atoms with E-state index in [1.165, 1.54) is 13.0 Å². The summed E-state index contributed by atoms with van der Waals surface area (Å²) in [6, 6.07) is 14.4. The maximum Gasteiger partial charge on any atom is 0.303 e. The summed E-state index contributed by atoms with van der Waals surface area (Å²) in [5.41, 5.74) is 1.08. The molecule has 3 atom stereocenters. The van der Waals surface area contributed by atoms with E-state index in [1.807, 2.05) is 44.2 Å². The SMILES string of the molecule is CC(=O)O[C@H]1C2c3c(ccc4c(=O)cc(-c5ccccc5)oc34)OC2OC1(C)C. The molecule has 1 fully saturated rings. The normalized spacial score (nSPS) is 24.0. The molecular weight excluding hydrogens is 372 g/mol. The van der Waals surface area contributed by atoms with Crippen LogP contribution in [0.2, 0.25) is 0 Å². The minimum Gasteiger partial charge on any atom is -0.464 e. The Morgan fingerprint density at radius 3 is 2.59 bits per heavy atom. The van der Waals surface area contributed by atoms with E-state index in [4.69, 9.17) is 18.6 Å². The molecule has 0 radical (unpaired) electrons. The Bertz CT molecular complexity index is 1180. The lowest BCUT2D eigenvalue weighted by molar-refractivity contribution is -0.159. The van der Waals surface area contributed by atoms with Crippen molar-refractivity contribution in [1.29, 1.82) is 0 Å². The van der Waals surface area contributed by atoms with Crippen LogP contribution < -0.4 is 10.2 Å². The molecule has 148 valence electrons. The van der Waals surface area contributed by atoms with Crippen molar-refractivity contribution in [3.05, 3.63) is 64.3 Å². The summed E-state index contributed by atoms with van der Waals surface area (Å²) in [6.45, 7) is 5.09. The van der Waals surface area contributed by atoms with Crippen LogP contribution in [-0.2, 0) is 14.3 Å². The highest BCUT2D eigenvalue weighted by Gasteiger charge is 2.58. The number of esters is 1. The van der Waals surface area contributed by atoms with Crippen LogP contribution in [-0.4, -0.2) is 24.0 Å². The molecule has 5 rings (SSSR count). The summed E-state index contributed by atoms with van der Waals surface area (Å²) in [4.78, 5) is 24.6. The van der Waals surface area contributed by atoms with Crippen LogP contribution in [0.15, 0.2) is 57.7 Å². The van der Waals surface area contributed by atoms with Crippen molar-refractivity contribution in [2.24, 2.45) is 0 Å². The van der Waals surface area contributed by atoms with Crippen molar-refractivity contribution >= 4 is 16.9 Å². The van der Waals surface area contributed by atoms with Gasteiger partial charge in [0.2, 0.25) is 6.29 Å². The van der Waals surface area contributed by atoms with Crippen LogP contribution in [0.4, 0.5) is 0 Å². The maximum atomic E-state index is 12.8. The van der Waals surface area contributed by atoms with Crippen molar-refractivity contribution in [2.75, 3.05) is 0 Å². The van der Waals surface area contributed by atoms with E-state index in [2.05, 4.69) is 0 Å². The fourth-order valence-electron chi connectivity index (χ4n) is 4.30. The molecule has 2 unspecified atom stereocenters. The zero-order valence-electron chi connectivity index (χ0n) is 16.3. The van der Waals surface area contributed by atoms with E-state index >= 15 is 0 Å². The molecule has 2 aromatic carbocycles. The van der Waals surface area contributed by atoms with Gasteiger partial charge in [-0.05, 0) is 26.0 Å². The van der Waals surface area contributed by atoms with Gasteiger partial charge in [-0.1, -0.05) is 30.3 Å². The second-order valence-electron chi connectivity index (χ2n) is 7.96. The van der Waals surface area contributed by atoms with Gasteiger partial charge in [-0.25, -0.2) is 0 Å². The van der Waals surface area contributed by atoms with Crippen LogP contribution in [0, 0.1) is 0 Å². The van der Waals surface area contributed by atoms with E-state index in [9.17, 15) is 9.59 Å². The average Bonchev–Trinajstić information content (AvgIpc) is 3.14. The maximum absolute atomic E-state index is 12.8. The standard InChI is InChI=1S/C23H20O6/c1-12(24)26-21-19-18-16(28-22(19)29-23(21,2)3)10-9-14-15(25)11-17(27-20(14)18)13-7-5-4-6-8-13/h4-11,19,21-22H,1-3H3/t19?,21-,22?/m0/s1. The van der Waals surface area contributed by atoms with E-state index in [-0.39, 0.29) is 11.3 Å². The van der Waals surface area contributed by atoms with Crippen molar-refractivity contribution in [2.45, 2.75) is 44.7 Å². The molecule has 6 heteroatoms. The van der Waals surface area contributed by atoms with Gasteiger partial charge >= 0.3 is 5.97 Å². The molecule has 0 spiro atoms. The minimum atomic E-state index is -0.738. The number of carbonyl (C=O) groups is 1. The van der Waals surface area contributed by atoms with E-state index in [1.54, 1.807) is 12.1 Å². The fraction of sp³-hybridized carbons (Fsp3) is 0.304. The summed E-state index contributed by atoms with van der Waals surface area (Å²) >= 11 is 0. The molecule has 0 saturated carbocycles. The van der Waals surface area contributed by atoms with Crippen LogP contribution >= 0.6 is 0 Å². The summed E-state index contributed by atoms with van der Waals surface area (Å²) in [6.07, 6.45) is -1.18. The van der Waals surface area contributed by atoms with Gasteiger partial charge in [0.05, 0.1) is 16.9 Å². The number of hydrogen-bond donors (Lipinski definition) is 0. The first-order chi connectivity index (χ1) is 13.8. The first-order valence-corrected chi connectivity index (χ1v) is 9.53. The van der Waals surface area contributed by atoms with Crippen LogP contribution in [0.5, 0.6) is 5.75 Å². The first kappa shape index (κ1) is 17.9. The number of rotatable bonds is 2. The molecule has 6 nitrogen and oxygen atoms in total. The average molecular weight is 392 g/mol. The van der Waals surface area contributed by atoms with Gasteiger partial charge in [-0.3, -0.25) is 9.59 Å². The van der Waals surface area contributed by atoms with Gasteiger partial charge in [-0.15, -0.1) is 0 Å². The van der Waals surface area contributed by atoms with Crippen molar-refractivity contribution in [3.63, 3.8) is 0 Å². The summed E-state index contributed by atoms with van der Waals surface area (Å²) in [5.74, 6) is 0.268. The molecule has 3 aromatic rings. The Morgan fingerprint density at radius 1 is 1.10 bits per heavy atom. The highest BCUT2D eigenvalue weighted by molar-refractivity contribution is 5.85.